The number of tetrazole rings is 1. The molecule has 0 spiro atoms. The van der Waals surface area contributed by atoms with E-state index < -0.39 is 17.9 Å². The summed E-state index contributed by atoms with van der Waals surface area (Å²) < 4.78 is 0. The van der Waals surface area contributed by atoms with Crippen molar-refractivity contribution in [1.29, 1.82) is 0 Å². The second-order valence-electron chi connectivity index (χ2n) is 9.12. The van der Waals surface area contributed by atoms with Gasteiger partial charge in [-0.3, -0.25) is 4.79 Å². The molecule has 35 heavy (non-hydrogen) atoms. The van der Waals surface area contributed by atoms with E-state index in [4.69, 9.17) is 0 Å². The van der Waals surface area contributed by atoms with Gasteiger partial charge in [-0.1, -0.05) is 57.2 Å². The minimum atomic E-state index is -1.10. The van der Waals surface area contributed by atoms with Gasteiger partial charge in [0.2, 0.25) is 5.82 Å². The molecule has 10 nitrogen and oxygen atoms in total. The van der Waals surface area contributed by atoms with Gasteiger partial charge in [0.15, 0.2) is 5.82 Å². The first-order chi connectivity index (χ1) is 16.7. The molecule has 4 rings (SSSR count). The first kappa shape index (κ1) is 23.7. The largest absolute Gasteiger partial charge is 0.480 e. The van der Waals surface area contributed by atoms with Gasteiger partial charge in [0.1, 0.15) is 6.04 Å². The summed E-state index contributed by atoms with van der Waals surface area (Å²) in [5.41, 5.74) is 3.63. The third kappa shape index (κ3) is 5.72. The maximum absolute atomic E-state index is 12.7. The van der Waals surface area contributed by atoms with Crippen molar-refractivity contribution < 1.29 is 14.7 Å². The molecule has 10 heteroatoms. The number of rotatable bonds is 7. The molecule has 2 aromatic carbocycles. The highest BCUT2D eigenvalue weighted by atomic mass is 16.4. The number of carbonyl (C=O) groups is 2. The van der Waals surface area contributed by atoms with E-state index in [2.05, 4.69) is 56.7 Å². The summed E-state index contributed by atoms with van der Waals surface area (Å²) in [6, 6.07) is 13.4. The lowest BCUT2D eigenvalue weighted by molar-refractivity contribution is -0.139. The van der Waals surface area contributed by atoms with Gasteiger partial charge < -0.3 is 10.4 Å². The lowest BCUT2D eigenvalue weighted by Gasteiger charge is -2.19. The number of carboxylic acids is 1. The van der Waals surface area contributed by atoms with E-state index in [0.717, 1.165) is 16.7 Å². The van der Waals surface area contributed by atoms with Crippen LogP contribution in [0, 0.1) is 0 Å². The monoisotopic (exact) mass is 471 g/mol. The van der Waals surface area contributed by atoms with Crippen LogP contribution in [-0.2, 0) is 16.6 Å². The summed E-state index contributed by atoms with van der Waals surface area (Å²) >= 11 is 0. The summed E-state index contributed by atoms with van der Waals surface area (Å²) in [5.74, 6) is -0.622. The molecule has 0 aliphatic rings. The number of nitrogens with one attached hydrogen (secondary N) is 2. The Labute approximate surface area is 201 Å². The zero-order valence-electron chi connectivity index (χ0n) is 19.6. The van der Waals surface area contributed by atoms with Crippen LogP contribution in [0.3, 0.4) is 0 Å². The van der Waals surface area contributed by atoms with Crippen molar-refractivity contribution >= 4 is 11.9 Å². The van der Waals surface area contributed by atoms with Crippen molar-refractivity contribution in [1.82, 2.24) is 35.9 Å². The quantitative estimate of drug-likeness (QED) is 0.373. The number of amides is 1. The van der Waals surface area contributed by atoms with E-state index >= 15 is 0 Å². The number of aromatic nitrogens is 6. The summed E-state index contributed by atoms with van der Waals surface area (Å²) in [6.07, 6.45) is 3.34. The average Bonchev–Trinajstić information content (AvgIpc) is 3.39. The van der Waals surface area contributed by atoms with E-state index in [1.54, 1.807) is 36.7 Å². The number of aliphatic carboxylic acids is 1. The van der Waals surface area contributed by atoms with Gasteiger partial charge in [0, 0.05) is 29.9 Å². The number of benzene rings is 2. The average molecular weight is 472 g/mol. The second kappa shape index (κ2) is 9.80. The van der Waals surface area contributed by atoms with Crippen molar-refractivity contribution in [2.45, 2.75) is 38.6 Å². The Balaban J connectivity index is 1.42. The van der Waals surface area contributed by atoms with Gasteiger partial charge in [-0.15, -0.1) is 10.2 Å². The molecule has 0 aliphatic heterocycles. The molecule has 0 fully saturated rings. The molecule has 2 heterocycles. The van der Waals surface area contributed by atoms with Crippen LogP contribution >= 0.6 is 0 Å². The molecular formula is C25H25N7O3. The first-order valence-electron chi connectivity index (χ1n) is 11.0. The van der Waals surface area contributed by atoms with Gasteiger partial charge in [0.25, 0.3) is 5.91 Å². The number of carboxylic acid groups (broad SMARTS) is 1. The van der Waals surface area contributed by atoms with E-state index in [9.17, 15) is 14.7 Å². The third-order valence-corrected chi connectivity index (χ3v) is 5.52. The highest BCUT2D eigenvalue weighted by Gasteiger charge is 2.22. The van der Waals surface area contributed by atoms with Crippen molar-refractivity contribution in [3.05, 3.63) is 77.6 Å². The van der Waals surface area contributed by atoms with Gasteiger partial charge in [-0.25, -0.2) is 14.8 Å². The molecule has 178 valence electrons. The van der Waals surface area contributed by atoms with Gasteiger partial charge in [-0.05, 0) is 33.9 Å². The predicted octanol–water partition coefficient (Wildman–Crippen LogP) is 3.05. The van der Waals surface area contributed by atoms with Crippen LogP contribution in [0.25, 0.3) is 22.8 Å². The Morgan fingerprint density at radius 3 is 2.14 bits per heavy atom. The topological polar surface area (TPSA) is 147 Å². The van der Waals surface area contributed by atoms with Crippen LogP contribution in [0.15, 0.2) is 60.9 Å². The Hall–Kier alpha value is -4.47. The van der Waals surface area contributed by atoms with Crippen LogP contribution in [-0.4, -0.2) is 53.6 Å². The number of hydrogen-bond donors (Lipinski definition) is 3. The third-order valence-electron chi connectivity index (χ3n) is 5.52. The fraction of sp³-hybridized carbons (Fsp3) is 0.240. The number of carbonyl (C=O) groups excluding carboxylic acids is 1. The number of H-pyrrole nitrogens is 1. The van der Waals surface area contributed by atoms with E-state index in [1.165, 1.54) is 0 Å². The smallest absolute Gasteiger partial charge is 0.326 e. The molecule has 0 bridgehead atoms. The highest BCUT2D eigenvalue weighted by molar-refractivity contribution is 5.96. The summed E-state index contributed by atoms with van der Waals surface area (Å²) in [4.78, 5) is 33.1. The molecule has 0 aliphatic carbocycles. The SMILES string of the molecule is CC(C)(C)c1ccc(C(=O)N[C@@H](Cc2ccc(-c3ncc(-c4nn[nH]n4)cn3)cc2)C(=O)O)cc1. The van der Waals surface area contributed by atoms with Gasteiger partial charge >= 0.3 is 5.97 Å². The van der Waals surface area contributed by atoms with Crippen LogP contribution in [0.1, 0.15) is 42.3 Å². The fourth-order valence-electron chi connectivity index (χ4n) is 3.47. The van der Waals surface area contributed by atoms with E-state index in [0.29, 0.717) is 22.8 Å². The maximum Gasteiger partial charge on any atom is 0.326 e. The molecule has 2 aromatic heterocycles. The van der Waals surface area contributed by atoms with Crippen LogP contribution < -0.4 is 5.32 Å². The Bertz CT molecular complexity index is 1300. The first-order valence-corrected chi connectivity index (χ1v) is 11.0. The maximum atomic E-state index is 12.7. The molecule has 3 N–H and O–H groups in total. The molecule has 0 unspecified atom stereocenters. The Morgan fingerprint density at radius 1 is 0.943 bits per heavy atom. The molecule has 0 saturated carbocycles. The zero-order chi connectivity index (χ0) is 25.0. The Morgan fingerprint density at radius 2 is 1.60 bits per heavy atom. The van der Waals surface area contributed by atoms with Crippen LogP contribution in [0.2, 0.25) is 0 Å². The summed E-state index contributed by atoms with van der Waals surface area (Å²) in [5, 5.41) is 26.0. The van der Waals surface area contributed by atoms with E-state index in [1.807, 2.05) is 24.3 Å². The van der Waals surface area contributed by atoms with Crippen molar-refractivity contribution in [3.63, 3.8) is 0 Å². The number of aromatic amines is 1. The minimum Gasteiger partial charge on any atom is -0.480 e. The molecule has 0 saturated heterocycles. The fourth-order valence-corrected chi connectivity index (χ4v) is 3.47. The van der Waals surface area contributed by atoms with Crippen LogP contribution in [0.4, 0.5) is 0 Å². The van der Waals surface area contributed by atoms with E-state index in [-0.39, 0.29) is 11.8 Å². The van der Waals surface area contributed by atoms with Crippen molar-refractivity contribution in [2.24, 2.45) is 0 Å². The lowest BCUT2D eigenvalue weighted by Crippen LogP contribution is -2.42. The second-order valence-corrected chi connectivity index (χ2v) is 9.12. The van der Waals surface area contributed by atoms with Crippen molar-refractivity contribution in [3.8, 4) is 22.8 Å². The molecule has 1 amide bonds. The van der Waals surface area contributed by atoms with Gasteiger partial charge in [0.05, 0.1) is 5.56 Å². The molecule has 1 atom stereocenters. The van der Waals surface area contributed by atoms with Crippen LogP contribution in [0.5, 0.6) is 0 Å². The lowest BCUT2D eigenvalue weighted by atomic mass is 9.86. The Kier molecular flexibility index (Phi) is 6.63. The standard InChI is InChI=1S/C25H25N7O3/c1-25(2,3)19-10-8-17(9-11-19)23(33)28-20(24(34)35)12-15-4-6-16(7-5-15)21-26-13-18(14-27-21)22-29-31-32-30-22/h4-11,13-14,20H,12H2,1-3H3,(H,28,33)(H,34,35)(H,29,30,31,32)/t20-/m0/s1. The van der Waals surface area contributed by atoms with Gasteiger partial charge in [-0.2, -0.15) is 5.21 Å². The summed E-state index contributed by atoms with van der Waals surface area (Å²) in [7, 11) is 0. The number of nitrogens with zero attached hydrogens (tertiary/aromatic N) is 5. The summed E-state index contributed by atoms with van der Waals surface area (Å²) in [6.45, 7) is 6.27. The normalized spacial score (nSPS) is 12.2. The highest BCUT2D eigenvalue weighted by Crippen LogP contribution is 2.22. The minimum absolute atomic E-state index is 0.0356. The molecule has 4 aromatic rings. The number of hydrogen-bond acceptors (Lipinski definition) is 7. The predicted molar refractivity (Wildman–Crippen MR) is 128 cm³/mol. The van der Waals surface area contributed by atoms with Crippen molar-refractivity contribution in [2.75, 3.05) is 0 Å². The molecule has 0 radical (unpaired) electrons. The zero-order valence-corrected chi connectivity index (χ0v) is 19.6. The molecular weight excluding hydrogens is 446 g/mol.